The van der Waals surface area contributed by atoms with E-state index in [4.69, 9.17) is 25.8 Å². The molecule has 8 nitrogen and oxygen atoms in total. The predicted octanol–water partition coefficient (Wildman–Crippen LogP) is 1.50. The minimum atomic E-state index is -0.754. The smallest absolute Gasteiger partial charge is 0.338 e. The van der Waals surface area contributed by atoms with Crippen molar-refractivity contribution in [1.82, 2.24) is 10.2 Å². The quantitative estimate of drug-likeness (QED) is 0.680. The number of hydrogen-bond donors (Lipinski definition) is 1. The maximum absolute atomic E-state index is 12.1. The van der Waals surface area contributed by atoms with Gasteiger partial charge in [0, 0.05) is 14.1 Å². The summed E-state index contributed by atoms with van der Waals surface area (Å²) in [6.45, 7) is 2.96. The largest absolute Gasteiger partial charge is 0.493 e. The predicted molar refractivity (Wildman–Crippen MR) is 95.8 cm³/mol. The van der Waals surface area contributed by atoms with E-state index >= 15 is 0 Å². The van der Waals surface area contributed by atoms with Crippen molar-refractivity contribution in [2.45, 2.75) is 20.0 Å². The Morgan fingerprint density at radius 1 is 1.23 bits per heavy atom. The molecule has 0 unspecified atom stereocenters. The minimum absolute atomic E-state index is 0.111. The monoisotopic (exact) mass is 386 g/mol. The Morgan fingerprint density at radius 3 is 2.42 bits per heavy atom. The van der Waals surface area contributed by atoms with Crippen LogP contribution in [-0.2, 0) is 14.3 Å². The third-order valence-electron chi connectivity index (χ3n) is 3.09. The zero-order valence-electron chi connectivity index (χ0n) is 15.4. The van der Waals surface area contributed by atoms with Gasteiger partial charge in [-0.25, -0.2) is 4.79 Å². The fourth-order valence-electron chi connectivity index (χ4n) is 1.79. The molecule has 2 amide bonds. The van der Waals surface area contributed by atoms with E-state index in [1.165, 1.54) is 24.1 Å². The Bertz CT molecular complexity index is 675. The van der Waals surface area contributed by atoms with Crippen LogP contribution in [0.15, 0.2) is 12.1 Å². The highest BCUT2D eigenvalue weighted by atomic mass is 35.5. The van der Waals surface area contributed by atoms with Gasteiger partial charge in [0.25, 0.3) is 5.91 Å². The number of halogens is 1. The normalized spacial score (nSPS) is 10.3. The lowest BCUT2D eigenvalue weighted by Gasteiger charge is -2.16. The van der Waals surface area contributed by atoms with E-state index in [0.717, 1.165) is 0 Å². The van der Waals surface area contributed by atoms with Crippen molar-refractivity contribution < 1.29 is 28.6 Å². The van der Waals surface area contributed by atoms with E-state index < -0.39 is 18.5 Å². The first-order valence-corrected chi connectivity index (χ1v) is 8.21. The number of methoxy groups -OCH3 is 1. The van der Waals surface area contributed by atoms with Gasteiger partial charge in [0.1, 0.15) is 0 Å². The lowest BCUT2D eigenvalue weighted by atomic mass is 10.2. The molecule has 0 atom stereocenters. The van der Waals surface area contributed by atoms with Crippen molar-refractivity contribution in [2.24, 2.45) is 0 Å². The summed E-state index contributed by atoms with van der Waals surface area (Å²) >= 11 is 6.14. The minimum Gasteiger partial charge on any atom is -0.493 e. The van der Waals surface area contributed by atoms with Gasteiger partial charge in [-0.05, 0) is 26.0 Å². The van der Waals surface area contributed by atoms with Gasteiger partial charge in [-0.3, -0.25) is 9.59 Å². The molecule has 0 aliphatic heterocycles. The standard InChI is InChI=1S/C17H23ClN2O6/c1-10(2)26-16-12(18)6-11(7-13(16)24-5)17(23)25-9-14(21)19-8-15(22)20(3)4/h6-7,10H,8-9H2,1-5H3,(H,19,21). The maximum Gasteiger partial charge on any atom is 0.338 e. The van der Waals surface area contributed by atoms with Gasteiger partial charge in [-0.15, -0.1) is 0 Å². The Labute approximate surface area is 157 Å². The van der Waals surface area contributed by atoms with Gasteiger partial charge in [-0.1, -0.05) is 11.6 Å². The van der Waals surface area contributed by atoms with Crippen molar-refractivity contribution in [3.8, 4) is 11.5 Å². The number of nitrogens with one attached hydrogen (secondary N) is 1. The molecule has 0 aromatic heterocycles. The van der Waals surface area contributed by atoms with E-state index in [2.05, 4.69) is 5.32 Å². The van der Waals surface area contributed by atoms with Crippen LogP contribution in [0.4, 0.5) is 0 Å². The van der Waals surface area contributed by atoms with E-state index in [1.54, 1.807) is 14.1 Å². The molecular formula is C17H23ClN2O6. The first-order valence-electron chi connectivity index (χ1n) is 7.83. The second-order valence-corrected chi connectivity index (χ2v) is 6.20. The number of carbonyl (C=O) groups is 3. The van der Waals surface area contributed by atoms with E-state index in [1.807, 2.05) is 13.8 Å². The number of carbonyl (C=O) groups excluding carboxylic acids is 3. The van der Waals surface area contributed by atoms with Gasteiger partial charge in [-0.2, -0.15) is 0 Å². The molecule has 1 rings (SSSR count). The molecule has 0 radical (unpaired) electrons. The SMILES string of the molecule is COc1cc(C(=O)OCC(=O)NCC(=O)N(C)C)cc(Cl)c1OC(C)C. The Hall–Kier alpha value is -2.48. The van der Waals surface area contributed by atoms with Gasteiger partial charge in [0.05, 0.1) is 30.3 Å². The lowest BCUT2D eigenvalue weighted by Crippen LogP contribution is -2.38. The highest BCUT2D eigenvalue weighted by Crippen LogP contribution is 2.37. The molecule has 1 aromatic carbocycles. The molecule has 26 heavy (non-hydrogen) atoms. The molecule has 0 saturated heterocycles. The van der Waals surface area contributed by atoms with Crippen molar-refractivity contribution >= 4 is 29.4 Å². The molecule has 0 spiro atoms. The maximum atomic E-state index is 12.1. The summed E-state index contributed by atoms with van der Waals surface area (Å²) < 4.78 is 15.7. The summed E-state index contributed by atoms with van der Waals surface area (Å²) in [7, 11) is 4.56. The lowest BCUT2D eigenvalue weighted by molar-refractivity contribution is -0.131. The first kappa shape index (κ1) is 21.6. The van der Waals surface area contributed by atoms with Gasteiger partial charge in [0.15, 0.2) is 18.1 Å². The van der Waals surface area contributed by atoms with Crippen LogP contribution in [0.25, 0.3) is 0 Å². The summed E-state index contributed by atoms with van der Waals surface area (Å²) in [6.07, 6.45) is -0.132. The molecule has 1 aromatic rings. The molecule has 0 aliphatic rings. The van der Waals surface area contributed by atoms with Crippen molar-refractivity contribution in [3.63, 3.8) is 0 Å². The molecule has 9 heteroatoms. The van der Waals surface area contributed by atoms with Crippen LogP contribution in [-0.4, -0.2) is 63.1 Å². The van der Waals surface area contributed by atoms with Crippen molar-refractivity contribution in [2.75, 3.05) is 34.4 Å². The van der Waals surface area contributed by atoms with Crippen LogP contribution >= 0.6 is 11.6 Å². The van der Waals surface area contributed by atoms with Crippen molar-refractivity contribution in [1.29, 1.82) is 0 Å². The zero-order chi connectivity index (χ0) is 19.9. The number of rotatable bonds is 8. The van der Waals surface area contributed by atoms with Crippen LogP contribution in [0.5, 0.6) is 11.5 Å². The summed E-state index contributed by atoms with van der Waals surface area (Å²) in [6, 6.07) is 2.79. The number of amides is 2. The first-order chi connectivity index (χ1) is 12.1. The summed E-state index contributed by atoms with van der Waals surface area (Å²) in [5.74, 6) is -1.02. The average Bonchev–Trinajstić information content (AvgIpc) is 2.58. The molecule has 0 bridgehead atoms. The zero-order valence-corrected chi connectivity index (χ0v) is 16.2. The van der Waals surface area contributed by atoms with E-state index in [-0.39, 0.29) is 34.9 Å². The van der Waals surface area contributed by atoms with Crippen LogP contribution in [0.1, 0.15) is 24.2 Å². The van der Waals surface area contributed by atoms with Crippen LogP contribution in [0.3, 0.4) is 0 Å². The average molecular weight is 387 g/mol. The second-order valence-electron chi connectivity index (χ2n) is 5.80. The Morgan fingerprint density at radius 2 is 1.88 bits per heavy atom. The summed E-state index contributed by atoms with van der Waals surface area (Å²) in [5.41, 5.74) is 0.111. The highest BCUT2D eigenvalue weighted by molar-refractivity contribution is 6.32. The number of nitrogens with zero attached hydrogens (tertiary/aromatic N) is 1. The third kappa shape index (κ3) is 6.44. The fraction of sp³-hybridized carbons (Fsp3) is 0.471. The van der Waals surface area contributed by atoms with Crippen LogP contribution in [0, 0.1) is 0 Å². The molecule has 0 saturated carbocycles. The molecule has 0 fully saturated rings. The fourth-order valence-corrected chi connectivity index (χ4v) is 2.04. The highest BCUT2D eigenvalue weighted by Gasteiger charge is 2.18. The van der Waals surface area contributed by atoms with E-state index in [9.17, 15) is 14.4 Å². The second kappa shape index (κ2) is 9.86. The number of benzene rings is 1. The Balaban J connectivity index is 2.71. The summed E-state index contributed by atoms with van der Waals surface area (Å²) in [4.78, 5) is 36.5. The number of esters is 1. The molecule has 144 valence electrons. The summed E-state index contributed by atoms with van der Waals surface area (Å²) in [5, 5.41) is 2.54. The van der Waals surface area contributed by atoms with Crippen LogP contribution < -0.4 is 14.8 Å². The molecular weight excluding hydrogens is 364 g/mol. The van der Waals surface area contributed by atoms with E-state index in [0.29, 0.717) is 5.75 Å². The third-order valence-corrected chi connectivity index (χ3v) is 3.37. The number of likely N-dealkylation sites (N-methyl/N-ethyl adjacent to an activating group) is 1. The van der Waals surface area contributed by atoms with Crippen LogP contribution in [0.2, 0.25) is 5.02 Å². The molecule has 0 heterocycles. The van der Waals surface area contributed by atoms with Gasteiger partial charge in [0.2, 0.25) is 5.91 Å². The van der Waals surface area contributed by atoms with Gasteiger partial charge < -0.3 is 24.4 Å². The molecule has 0 aliphatic carbocycles. The van der Waals surface area contributed by atoms with Crippen molar-refractivity contribution in [3.05, 3.63) is 22.7 Å². The topological polar surface area (TPSA) is 94.2 Å². The van der Waals surface area contributed by atoms with Gasteiger partial charge >= 0.3 is 5.97 Å². The molecule has 1 N–H and O–H groups in total. The number of hydrogen-bond acceptors (Lipinski definition) is 6. The Kier molecular flexibility index (Phi) is 8.18. The number of ether oxygens (including phenoxy) is 3.